The molecule has 2 amide bonds. The van der Waals surface area contributed by atoms with Gasteiger partial charge in [-0.2, -0.15) is 0 Å². The summed E-state index contributed by atoms with van der Waals surface area (Å²) in [5.41, 5.74) is 2.61. The molecule has 1 saturated carbocycles. The van der Waals surface area contributed by atoms with Crippen LogP contribution in [0.3, 0.4) is 0 Å². The topological polar surface area (TPSA) is 71.5 Å². The van der Waals surface area contributed by atoms with Gasteiger partial charge in [-0.1, -0.05) is 43.2 Å². The Bertz CT molecular complexity index is 1370. The normalized spacial score (nSPS) is 13.9. The summed E-state index contributed by atoms with van der Waals surface area (Å²) in [6, 6.07) is 17.5. The third-order valence-corrected chi connectivity index (χ3v) is 7.42. The van der Waals surface area contributed by atoms with Crippen LogP contribution in [0.15, 0.2) is 54.6 Å². The largest absolute Gasteiger partial charge is 0.495 e. The highest BCUT2D eigenvalue weighted by molar-refractivity contribution is 7.20. The fourth-order valence-electron chi connectivity index (χ4n) is 4.65. The van der Waals surface area contributed by atoms with Gasteiger partial charge in [0, 0.05) is 16.8 Å². The molecule has 0 unspecified atom stereocenters. The molecule has 0 atom stereocenters. The van der Waals surface area contributed by atoms with Crippen molar-refractivity contribution >= 4 is 50.0 Å². The summed E-state index contributed by atoms with van der Waals surface area (Å²) in [7, 11) is 1.57. The minimum absolute atomic E-state index is 0.0710. The van der Waals surface area contributed by atoms with Crippen molar-refractivity contribution in [2.45, 2.75) is 38.6 Å². The molecule has 1 fully saturated rings. The Morgan fingerprint density at radius 1 is 1.09 bits per heavy atom. The van der Waals surface area contributed by atoms with E-state index in [1.54, 1.807) is 13.2 Å². The van der Waals surface area contributed by atoms with Crippen LogP contribution in [0.5, 0.6) is 5.75 Å². The lowest BCUT2D eigenvalue weighted by Crippen LogP contribution is -2.43. The van der Waals surface area contributed by atoms with Gasteiger partial charge >= 0.3 is 0 Å². The Kier molecular flexibility index (Phi) is 6.20. The predicted octanol–water partition coefficient (Wildman–Crippen LogP) is 5.47. The van der Waals surface area contributed by atoms with Crippen LogP contribution in [0.4, 0.5) is 5.69 Å². The van der Waals surface area contributed by atoms with Gasteiger partial charge in [-0.25, -0.2) is 4.98 Å². The standard InChI is InChI=1S/C27H27N3O3S/c1-17-8-7-9-18-14-19-15-23(34-26(19)29-25(17)18)27(32)30(21-12-5-6-13-22(21)33-2)16-24(31)28-20-10-3-4-11-20/h5-9,12-15,20H,3-4,10-11,16H2,1-2H3,(H,28,31). The molecule has 0 saturated heterocycles. The maximum Gasteiger partial charge on any atom is 0.269 e. The van der Waals surface area contributed by atoms with Gasteiger partial charge in [0.05, 0.1) is 23.2 Å². The Morgan fingerprint density at radius 3 is 2.68 bits per heavy atom. The van der Waals surface area contributed by atoms with Crippen LogP contribution in [0.1, 0.15) is 40.9 Å². The van der Waals surface area contributed by atoms with Crippen molar-refractivity contribution in [3.63, 3.8) is 0 Å². The van der Waals surface area contributed by atoms with Crippen LogP contribution in [-0.2, 0) is 4.79 Å². The molecule has 1 aliphatic rings. The van der Waals surface area contributed by atoms with E-state index in [1.807, 2.05) is 49.4 Å². The molecule has 2 aromatic heterocycles. The number of anilines is 1. The van der Waals surface area contributed by atoms with Gasteiger partial charge in [-0.05, 0) is 49.6 Å². The van der Waals surface area contributed by atoms with E-state index in [9.17, 15) is 9.59 Å². The molecule has 174 valence electrons. The first-order valence-corrected chi connectivity index (χ1v) is 12.4. The quantitative estimate of drug-likeness (QED) is 0.403. The second kappa shape index (κ2) is 9.43. The molecule has 0 bridgehead atoms. The van der Waals surface area contributed by atoms with Gasteiger partial charge in [0.15, 0.2) is 0 Å². The number of fused-ring (bicyclic) bond motifs is 2. The van der Waals surface area contributed by atoms with Crippen molar-refractivity contribution in [3.8, 4) is 5.75 Å². The highest BCUT2D eigenvalue weighted by Crippen LogP contribution is 2.33. The van der Waals surface area contributed by atoms with E-state index in [-0.39, 0.29) is 24.4 Å². The molecule has 0 radical (unpaired) electrons. The van der Waals surface area contributed by atoms with Gasteiger partial charge in [0.1, 0.15) is 17.1 Å². The first kappa shape index (κ1) is 22.3. The van der Waals surface area contributed by atoms with Crippen molar-refractivity contribution in [3.05, 3.63) is 65.0 Å². The summed E-state index contributed by atoms with van der Waals surface area (Å²) in [6.07, 6.45) is 4.23. The Hall–Kier alpha value is -3.45. The molecule has 1 aliphatic carbocycles. The van der Waals surface area contributed by atoms with Gasteiger partial charge in [0.25, 0.3) is 5.91 Å². The average molecular weight is 474 g/mol. The van der Waals surface area contributed by atoms with Gasteiger partial charge < -0.3 is 10.1 Å². The number of aromatic nitrogens is 1. The number of carbonyl (C=O) groups is 2. The SMILES string of the molecule is COc1ccccc1N(CC(=O)NC1CCCC1)C(=O)c1cc2cc3cccc(C)c3nc2s1. The number of para-hydroxylation sites is 3. The number of ether oxygens (including phenoxy) is 1. The van der Waals surface area contributed by atoms with Crippen LogP contribution in [-0.4, -0.2) is 36.5 Å². The summed E-state index contributed by atoms with van der Waals surface area (Å²) in [5, 5.41) is 5.06. The average Bonchev–Trinajstić information content (AvgIpc) is 3.50. The summed E-state index contributed by atoms with van der Waals surface area (Å²) in [6.45, 7) is 1.96. The number of thiophene rings is 1. The summed E-state index contributed by atoms with van der Waals surface area (Å²) in [4.78, 5) is 34.4. The fraction of sp³-hybridized carbons (Fsp3) is 0.296. The third kappa shape index (κ3) is 4.35. The maximum atomic E-state index is 13.8. The van der Waals surface area contributed by atoms with Crippen LogP contribution < -0.4 is 15.0 Å². The molecule has 4 aromatic rings. The van der Waals surface area contributed by atoms with Gasteiger partial charge in [-0.3, -0.25) is 14.5 Å². The number of aryl methyl sites for hydroxylation is 1. The molecular formula is C27H27N3O3S. The number of pyridine rings is 1. The molecule has 1 N–H and O–H groups in total. The summed E-state index contributed by atoms with van der Waals surface area (Å²) < 4.78 is 5.52. The number of benzene rings is 2. The molecule has 6 nitrogen and oxygen atoms in total. The first-order valence-electron chi connectivity index (χ1n) is 11.6. The molecule has 0 spiro atoms. The molecule has 34 heavy (non-hydrogen) atoms. The molecule has 2 heterocycles. The lowest BCUT2D eigenvalue weighted by atomic mass is 10.1. The Morgan fingerprint density at radius 2 is 1.88 bits per heavy atom. The molecule has 0 aliphatic heterocycles. The fourth-order valence-corrected chi connectivity index (χ4v) is 5.62. The smallest absolute Gasteiger partial charge is 0.269 e. The van der Waals surface area contributed by atoms with Crippen LogP contribution in [0.25, 0.3) is 21.1 Å². The van der Waals surface area contributed by atoms with Crippen molar-refractivity contribution in [1.29, 1.82) is 0 Å². The monoisotopic (exact) mass is 473 g/mol. The molecule has 5 rings (SSSR count). The van der Waals surface area contributed by atoms with E-state index in [2.05, 4.69) is 11.4 Å². The van der Waals surface area contributed by atoms with Crippen molar-refractivity contribution in [1.82, 2.24) is 10.3 Å². The van der Waals surface area contributed by atoms with Crippen molar-refractivity contribution < 1.29 is 14.3 Å². The number of carbonyl (C=O) groups excluding carboxylic acids is 2. The number of hydrogen-bond acceptors (Lipinski definition) is 5. The van der Waals surface area contributed by atoms with E-state index in [0.717, 1.165) is 52.4 Å². The number of hydrogen-bond donors (Lipinski definition) is 1. The number of methoxy groups -OCH3 is 1. The minimum atomic E-state index is -0.241. The lowest BCUT2D eigenvalue weighted by Gasteiger charge is -2.24. The minimum Gasteiger partial charge on any atom is -0.495 e. The van der Waals surface area contributed by atoms with E-state index in [0.29, 0.717) is 16.3 Å². The molecule has 2 aromatic carbocycles. The Labute approximate surface area is 202 Å². The van der Waals surface area contributed by atoms with E-state index in [1.165, 1.54) is 16.2 Å². The van der Waals surface area contributed by atoms with Crippen molar-refractivity contribution in [2.75, 3.05) is 18.6 Å². The van der Waals surface area contributed by atoms with Crippen LogP contribution in [0, 0.1) is 6.92 Å². The first-order chi connectivity index (χ1) is 16.5. The second-order valence-corrected chi connectivity index (χ2v) is 9.78. The number of nitrogens with zero attached hydrogens (tertiary/aromatic N) is 2. The lowest BCUT2D eigenvalue weighted by molar-refractivity contribution is -0.120. The highest BCUT2D eigenvalue weighted by atomic mass is 32.1. The Balaban J connectivity index is 1.51. The van der Waals surface area contributed by atoms with Crippen molar-refractivity contribution in [2.24, 2.45) is 0 Å². The second-order valence-electron chi connectivity index (χ2n) is 8.75. The highest BCUT2D eigenvalue weighted by Gasteiger charge is 2.27. The van der Waals surface area contributed by atoms with Gasteiger partial charge in [-0.15, -0.1) is 11.3 Å². The predicted molar refractivity (Wildman–Crippen MR) is 137 cm³/mol. The zero-order valence-corrected chi connectivity index (χ0v) is 20.2. The number of amides is 2. The van der Waals surface area contributed by atoms with Crippen LogP contribution in [0.2, 0.25) is 0 Å². The number of rotatable bonds is 6. The zero-order valence-electron chi connectivity index (χ0n) is 19.3. The zero-order chi connectivity index (χ0) is 23.7. The molecular weight excluding hydrogens is 446 g/mol. The van der Waals surface area contributed by atoms with Gasteiger partial charge in [0.2, 0.25) is 5.91 Å². The van der Waals surface area contributed by atoms with E-state index < -0.39 is 0 Å². The molecule has 7 heteroatoms. The van der Waals surface area contributed by atoms with Crippen LogP contribution >= 0.6 is 11.3 Å². The van der Waals surface area contributed by atoms with E-state index in [4.69, 9.17) is 9.72 Å². The third-order valence-electron chi connectivity index (χ3n) is 6.39. The van der Waals surface area contributed by atoms with E-state index >= 15 is 0 Å². The maximum absolute atomic E-state index is 13.8. The summed E-state index contributed by atoms with van der Waals surface area (Å²) >= 11 is 1.35. The summed E-state index contributed by atoms with van der Waals surface area (Å²) in [5.74, 6) is 0.145. The number of nitrogens with one attached hydrogen (secondary N) is 1.